The number of halogens is 5. The van der Waals surface area contributed by atoms with E-state index in [2.05, 4.69) is 4.90 Å². The monoisotopic (exact) mass is 727 g/mol. The molecule has 0 saturated carbocycles. The molecule has 1 atom stereocenters. The van der Waals surface area contributed by atoms with Gasteiger partial charge in [0.05, 0.1) is 5.56 Å². The van der Waals surface area contributed by atoms with Gasteiger partial charge in [-0.25, -0.2) is 4.79 Å². The molecule has 266 valence electrons. The molecule has 0 fully saturated rings. The van der Waals surface area contributed by atoms with Crippen molar-refractivity contribution >= 4 is 35.0 Å². The van der Waals surface area contributed by atoms with Gasteiger partial charge in [-0.05, 0) is 118 Å². The number of hydrogen-bond acceptors (Lipinski definition) is 5. The summed E-state index contributed by atoms with van der Waals surface area (Å²) in [5, 5.41) is 1.34. The minimum absolute atomic E-state index is 0.00174. The fraction of sp³-hybridized carbons (Fsp3) is 0.350. The molecule has 0 aliphatic rings. The van der Waals surface area contributed by atoms with E-state index in [9.17, 15) is 22.8 Å². The summed E-state index contributed by atoms with van der Waals surface area (Å²) in [6, 6.07) is 28.9. The predicted molar refractivity (Wildman–Crippen MR) is 192 cm³/mol. The third-order valence-electron chi connectivity index (χ3n) is 8.21. The van der Waals surface area contributed by atoms with Crippen LogP contribution in [-0.4, -0.2) is 55.2 Å². The van der Waals surface area contributed by atoms with Crippen molar-refractivity contribution in [2.24, 2.45) is 5.92 Å². The molecule has 0 amide bonds. The second-order valence-corrected chi connectivity index (χ2v) is 14.3. The number of hydrogen-bond donors (Lipinski definition) is 0. The van der Waals surface area contributed by atoms with Gasteiger partial charge in [-0.15, -0.1) is 0 Å². The van der Waals surface area contributed by atoms with Gasteiger partial charge >= 0.3 is 12.1 Å². The summed E-state index contributed by atoms with van der Waals surface area (Å²) in [7, 11) is 2.01. The van der Waals surface area contributed by atoms with Crippen LogP contribution in [0.2, 0.25) is 10.0 Å². The topological polar surface area (TPSA) is 55.8 Å². The molecular weight excluding hydrogens is 686 g/mol. The summed E-state index contributed by atoms with van der Waals surface area (Å²) in [5.74, 6) is -2.82. The molecule has 0 N–H and O–H groups in total. The minimum atomic E-state index is -4.94. The zero-order chi connectivity index (χ0) is 36.5. The van der Waals surface area contributed by atoms with Gasteiger partial charge < -0.3 is 14.4 Å². The number of Topliss-reactive ketones (excluding diaryl/α,β-unsaturated/α-hetero) is 1. The molecule has 4 aromatic rings. The number of rotatable bonds is 15. The van der Waals surface area contributed by atoms with Crippen LogP contribution in [0.3, 0.4) is 0 Å². The maximum Gasteiger partial charge on any atom is 0.450 e. The van der Waals surface area contributed by atoms with Crippen molar-refractivity contribution in [3.8, 4) is 5.75 Å². The van der Waals surface area contributed by atoms with E-state index in [0.29, 0.717) is 46.6 Å². The highest BCUT2D eigenvalue weighted by molar-refractivity contribution is 6.30. The number of esters is 1. The standard InChI is InChI=1S/C40H42Cl2F3NO4/c1-39(2,3)50-38(48)31-10-5-27(6-11-31)7-12-32(37(47)40(43,44)45)25-28-8-21-35(22-9-28)49-24-23-46(4)26-36(29-13-17-33(41)18-14-29)30-15-19-34(42)20-16-30/h5-6,8-11,13-22,32,36H,7,12,23-26H2,1-4H3. The zero-order valence-electron chi connectivity index (χ0n) is 28.6. The van der Waals surface area contributed by atoms with E-state index >= 15 is 0 Å². The molecule has 0 saturated heterocycles. The average molecular weight is 729 g/mol. The molecule has 0 aliphatic carbocycles. The van der Waals surface area contributed by atoms with Gasteiger partial charge in [-0.3, -0.25) is 4.79 Å². The molecule has 0 spiro atoms. The molecular formula is C40H42Cl2F3NO4. The fourth-order valence-corrected chi connectivity index (χ4v) is 5.82. The summed E-state index contributed by atoms with van der Waals surface area (Å²) in [6.07, 6.45) is -4.76. The second kappa shape index (κ2) is 17.4. The Morgan fingerprint density at radius 3 is 1.78 bits per heavy atom. The molecule has 50 heavy (non-hydrogen) atoms. The predicted octanol–water partition coefficient (Wildman–Crippen LogP) is 10.0. The van der Waals surface area contributed by atoms with E-state index in [-0.39, 0.29) is 25.2 Å². The van der Waals surface area contributed by atoms with Gasteiger partial charge in [-0.1, -0.05) is 71.7 Å². The highest BCUT2D eigenvalue weighted by atomic mass is 35.5. The minimum Gasteiger partial charge on any atom is -0.492 e. The molecule has 4 aromatic carbocycles. The lowest BCUT2D eigenvalue weighted by Gasteiger charge is -2.25. The number of aryl methyl sites for hydroxylation is 1. The Morgan fingerprint density at radius 1 is 0.760 bits per heavy atom. The highest BCUT2D eigenvalue weighted by Crippen LogP contribution is 2.29. The fourth-order valence-electron chi connectivity index (χ4n) is 5.56. The number of carbonyl (C=O) groups is 2. The summed E-state index contributed by atoms with van der Waals surface area (Å²) in [5.41, 5.74) is 3.27. The van der Waals surface area contributed by atoms with Gasteiger partial charge in [0.2, 0.25) is 5.78 Å². The normalized spacial score (nSPS) is 12.6. The van der Waals surface area contributed by atoms with E-state index in [1.165, 1.54) is 0 Å². The highest BCUT2D eigenvalue weighted by Gasteiger charge is 2.42. The van der Waals surface area contributed by atoms with Gasteiger partial charge in [0.1, 0.15) is 18.0 Å². The van der Waals surface area contributed by atoms with E-state index in [1.54, 1.807) is 69.3 Å². The van der Waals surface area contributed by atoms with E-state index < -0.39 is 29.4 Å². The largest absolute Gasteiger partial charge is 0.492 e. The van der Waals surface area contributed by atoms with Crippen LogP contribution in [0.15, 0.2) is 97.1 Å². The van der Waals surface area contributed by atoms with Crippen molar-refractivity contribution in [2.75, 3.05) is 26.7 Å². The van der Waals surface area contributed by atoms with Gasteiger partial charge in [0, 0.05) is 35.0 Å². The van der Waals surface area contributed by atoms with Crippen LogP contribution in [0.25, 0.3) is 0 Å². The van der Waals surface area contributed by atoms with Crippen LogP contribution in [0.1, 0.15) is 65.7 Å². The summed E-state index contributed by atoms with van der Waals surface area (Å²) in [4.78, 5) is 26.9. The van der Waals surface area contributed by atoms with Crippen molar-refractivity contribution in [3.63, 3.8) is 0 Å². The Morgan fingerprint density at radius 2 is 1.28 bits per heavy atom. The van der Waals surface area contributed by atoms with E-state index in [4.69, 9.17) is 32.7 Å². The van der Waals surface area contributed by atoms with Gasteiger partial charge in [0.15, 0.2) is 0 Å². The molecule has 4 rings (SSSR count). The molecule has 0 aliphatic heterocycles. The molecule has 0 heterocycles. The van der Waals surface area contributed by atoms with Crippen LogP contribution in [-0.2, 0) is 22.4 Å². The first kappa shape index (κ1) is 38.9. The lowest BCUT2D eigenvalue weighted by atomic mass is 9.89. The molecule has 5 nitrogen and oxygen atoms in total. The maximum absolute atomic E-state index is 13.5. The van der Waals surface area contributed by atoms with Crippen LogP contribution in [0.4, 0.5) is 13.2 Å². The van der Waals surface area contributed by atoms with Crippen LogP contribution in [0, 0.1) is 5.92 Å². The second-order valence-electron chi connectivity index (χ2n) is 13.4. The summed E-state index contributed by atoms with van der Waals surface area (Å²) in [6.45, 7) is 7.03. The van der Waals surface area contributed by atoms with Gasteiger partial charge in [-0.2, -0.15) is 13.2 Å². The first-order valence-electron chi connectivity index (χ1n) is 16.4. The lowest BCUT2D eigenvalue weighted by Crippen LogP contribution is -2.32. The maximum atomic E-state index is 13.5. The number of ether oxygens (including phenoxy) is 2. The average Bonchev–Trinajstić information content (AvgIpc) is 3.06. The number of carbonyl (C=O) groups excluding carboxylic acids is 2. The van der Waals surface area contributed by atoms with Gasteiger partial charge in [0.25, 0.3) is 0 Å². The smallest absolute Gasteiger partial charge is 0.450 e. The molecule has 10 heteroatoms. The molecule has 0 bridgehead atoms. The Balaban J connectivity index is 1.32. The Bertz CT molecular complexity index is 1640. The van der Waals surface area contributed by atoms with Crippen molar-refractivity contribution < 1.29 is 32.2 Å². The SMILES string of the molecule is CN(CCOc1ccc(CC(CCc2ccc(C(=O)OC(C)(C)C)cc2)C(=O)C(F)(F)F)cc1)CC(c1ccc(Cl)cc1)c1ccc(Cl)cc1. The Labute approximate surface area is 302 Å². The Hall–Kier alpha value is -3.85. The van der Waals surface area contributed by atoms with Crippen molar-refractivity contribution in [1.82, 2.24) is 4.90 Å². The third kappa shape index (κ3) is 12.2. The van der Waals surface area contributed by atoms with Crippen molar-refractivity contribution in [1.29, 1.82) is 0 Å². The van der Waals surface area contributed by atoms with Crippen molar-refractivity contribution in [2.45, 2.75) is 57.7 Å². The number of nitrogens with zero attached hydrogens (tertiary/aromatic N) is 1. The van der Waals surface area contributed by atoms with Crippen LogP contribution >= 0.6 is 23.2 Å². The number of benzene rings is 4. The van der Waals surface area contributed by atoms with E-state index in [0.717, 1.165) is 16.7 Å². The first-order valence-corrected chi connectivity index (χ1v) is 17.2. The van der Waals surface area contributed by atoms with Crippen LogP contribution < -0.4 is 4.74 Å². The van der Waals surface area contributed by atoms with E-state index in [1.807, 2.05) is 55.6 Å². The quantitative estimate of drug-likeness (QED) is 0.114. The van der Waals surface area contributed by atoms with Crippen molar-refractivity contribution in [3.05, 3.63) is 135 Å². The molecule has 0 radical (unpaired) electrons. The molecule has 0 aromatic heterocycles. The van der Waals surface area contributed by atoms with Crippen LogP contribution in [0.5, 0.6) is 5.75 Å². The summed E-state index contributed by atoms with van der Waals surface area (Å²) < 4.78 is 52.0. The first-order chi connectivity index (χ1) is 23.6. The number of ketones is 1. The Kier molecular flexibility index (Phi) is 13.5. The lowest BCUT2D eigenvalue weighted by molar-refractivity contribution is -0.175. The number of likely N-dealkylation sites (N-methyl/N-ethyl adjacent to an activating group) is 1. The summed E-state index contributed by atoms with van der Waals surface area (Å²) >= 11 is 12.3. The zero-order valence-corrected chi connectivity index (χ0v) is 30.1. The third-order valence-corrected chi connectivity index (χ3v) is 8.71. The number of alkyl halides is 3. The molecule has 1 unspecified atom stereocenters.